The fourth-order valence-corrected chi connectivity index (χ4v) is 2.17. The molecule has 0 fully saturated rings. The Balaban J connectivity index is 2.63. The first-order valence-electron chi connectivity index (χ1n) is 6.24. The molecule has 104 valence electrons. The van der Waals surface area contributed by atoms with Gasteiger partial charge in [-0.05, 0) is 36.8 Å². The van der Waals surface area contributed by atoms with Crippen LogP contribution >= 0.6 is 12.2 Å². The summed E-state index contributed by atoms with van der Waals surface area (Å²) < 4.78 is 0. The molecule has 0 atom stereocenters. The molecular weight excluding hydrogens is 282 g/mol. The molecule has 2 rings (SSSR count). The van der Waals surface area contributed by atoms with Crippen molar-refractivity contribution in [3.05, 3.63) is 59.2 Å². The second-order valence-corrected chi connectivity index (χ2v) is 4.96. The summed E-state index contributed by atoms with van der Waals surface area (Å²) in [6, 6.07) is 14.7. The highest BCUT2D eigenvalue weighted by Gasteiger charge is 2.15. The van der Waals surface area contributed by atoms with E-state index in [1.54, 1.807) is 18.2 Å². The van der Waals surface area contributed by atoms with Gasteiger partial charge in [0, 0.05) is 11.1 Å². The van der Waals surface area contributed by atoms with Crippen LogP contribution in [-0.2, 0) is 0 Å². The van der Waals surface area contributed by atoms with Crippen LogP contribution in [0.3, 0.4) is 0 Å². The SMILES string of the molecule is Cc1ccc(C(=O)NC(N)=S)c(-c2ccccc2C#N)c1. The Morgan fingerprint density at radius 2 is 1.95 bits per heavy atom. The summed E-state index contributed by atoms with van der Waals surface area (Å²) in [6.45, 7) is 1.92. The number of rotatable bonds is 2. The second kappa shape index (κ2) is 6.16. The number of aryl methyl sites for hydroxylation is 1. The molecule has 0 heterocycles. The molecule has 0 unspecified atom stereocenters. The number of nitrogens with one attached hydrogen (secondary N) is 1. The van der Waals surface area contributed by atoms with Gasteiger partial charge >= 0.3 is 0 Å². The van der Waals surface area contributed by atoms with Crippen LogP contribution in [0.1, 0.15) is 21.5 Å². The van der Waals surface area contributed by atoms with Crippen LogP contribution in [0.4, 0.5) is 0 Å². The third-order valence-electron chi connectivity index (χ3n) is 2.99. The molecule has 0 aliphatic heterocycles. The number of benzene rings is 2. The van der Waals surface area contributed by atoms with E-state index in [1.165, 1.54) is 0 Å². The van der Waals surface area contributed by atoms with E-state index in [-0.39, 0.29) is 11.0 Å². The van der Waals surface area contributed by atoms with E-state index < -0.39 is 0 Å². The lowest BCUT2D eigenvalue weighted by molar-refractivity contribution is 0.0978. The van der Waals surface area contributed by atoms with E-state index in [1.807, 2.05) is 31.2 Å². The summed E-state index contributed by atoms with van der Waals surface area (Å²) in [7, 11) is 0. The second-order valence-electron chi connectivity index (χ2n) is 4.52. The average Bonchev–Trinajstić information content (AvgIpc) is 2.46. The number of nitrogens with zero attached hydrogens (tertiary/aromatic N) is 1. The zero-order valence-electron chi connectivity index (χ0n) is 11.4. The summed E-state index contributed by atoms with van der Waals surface area (Å²) in [5.74, 6) is -0.384. The van der Waals surface area contributed by atoms with Gasteiger partial charge in [0.2, 0.25) is 0 Å². The van der Waals surface area contributed by atoms with Crippen molar-refractivity contribution < 1.29 is 4.79 Å². The summed E-state index contributed by atoms with van der Waals surface area (Å²) in [5.41, 5.74) is 8.66. The van der Waals surface area contributed by atoms with E-state index in [9.17, 15) is 10.1 Å². The molecule has 21 heavy (non-hydrogen) atoms. The molecule has 2 aromatic carbocycles. The summed E-state index contributed by atoms with van der Waals surface area (Å²) in [4.78, 5) is 12.2. The minimum atomic E-state index is -0.384. The first-order valence-corrected chi connectivity index (χ1v) is 6.64. The third-order valence-corrected chi connectivity index (χ3v) is 3.10. The molecule has 0 radical (unpaired) electrons. The Labute approximate surface area is 128 Å². The van der Waals surface area contributed by atoms with Gasteiger partial charge in [-0.3, -0.25) is 10.1 Å². The summed E-state index contributed by atoms with van der Waals surface area (Å²) in [6.07, 6.45) is 0. The van der Waals surface area contributed by atoms with E-state index >= 15 is 0 Å². The minimum absolute atomic E-state index is 0.0832. The molecule has 0 spiro atoms. The predicted octanol–water partition coefficient (Wildman–Crippen LogP) is 2.51. The summed E-state index contributed by atoms with van der Waals surface area (Å²) in [5, 5.41) is 11.6. The first kappa shape index (κ1) is 14.7. The van der Waals surface area contributed by atoms with Crippen LogP contribution in [0.5, 0.6) is 0 Å². The highest BCUT2D eigenvalue weighted by atomic mass is 32.1. The van der Waals surface area contributed by atoms with Crippen LogP contribution in [0, 0.1) is 18.3 Å². The van der Waals surface area contributed by atoms with Crippen molar-refractivity contribution in [3.63, 3.8) is 0 Å². The van der Waals surface area contributed by atoms with E-state index in [0.29, 0.717) is 22.3 Å². The number of carbonyl (C=O) groups is 1. The Morgan fingerprint density at radius 3 is 2.62 bits per heavy atom. The third kappa shape index (κ3) is 3.25. The van der Waals surface area contributed by atoms with Gasteiger partial charge in [-0.2, -0.15) is 5.26 Å². The molecule has 3 N–H and O–H groups in total. The van der Waals surface area contributed by atoms with Crippen LogP contribution in [0.15, 0.2) is 42.5 Å². The number of hydrogen-bond donors (Lipinski definition) is 2. The lowest BCUT2D eigenvalue weighted by Gasteiger charge is -2.12. The fourth-order valence-electron chi connectivity index (χ4n) is 2.07. The van der Waals surface area contributed by atoms with Crippen LogP contribution in [-0.4, -0.2) is 11.0 Å². The highest BCUT2D eigenvalue weighted by molar-refractivity contribution is 7.80. The number of nitrogens with two attached hydrogens (primary N) is 1. The molecule has 5 heteroatoms. The van der Waals surface area contributed by atoms with Crippen LogP contribution < -0.4 is 11.1 Å². The van der Waals surface area contributed by atoms with Gasteiger partial charge in [-0.15, -0.1) is 0 Å². The first-order chi connectivity index (χ1) is 10.0. The number of thiocarbonyl (C=S) groups is 1. The van der Waals surface area contributed by atoms with E-state index in [2.05, 4.69) is 11.4 Å². The largest absolute Gasteiger partial charge is 0.376 e. The van der Waals surface area contributed by atoms with Crippen molar-refractivity contribution in [2.45, 2.75) is 6.92 Å². The van der Waals surface area contributed by atoms with Gasteiger partial charge < -0.3 is 5.73 Å². The minimum Gasteiger partial charge on any atom is -0.376 e. The molecule has 0 aromatic heterocycles. The number of hydrogen-bond acceptors (Lipinski definition) is 3. The van der Waals surface area contributed by atoms with Crippen LogP contribution in [0.2, 0.25) is 0 Å². The molecule has 1 amide bonds. The Hall–Kier alpha value is -2.71. The molecule has 4 nitrogen and oxygen atoms in total. The predicted molar refractivity (Wildman–Crippen MR) is 85.6 cm³/mol. The molecule has 0 saturated heterocycles. The van der Waals surface area contributed by atoms with E-state index in [4.69, 9.17) is 18.0 Å². The van der Waals surface area contributed by atoms with Crippen molar-refractivity contribution in [2.24, 2.45) is 5.73 Å². The van der Waals surface area contributed by atoms with Gasteiger partial charge in [0.1, 0.15) is 0 Å². The van der Waals surface area contributed by atoms with Crippen molar-refractivity contribution >= 4 is 23.2 Å². The number of amides is 1. The number of nitriles is 1. The molecular formula is C16H13N3OS. The topological polar surface area (TPSA) is 78.9 Å². The quantitative estimate of drug-likeness (QED) is 0.834. The maximum atomic E-state index is 12.2. The zero-order valence-corrected chi connectivity index (χ0v) is 12.2. The maximum Gasteiger partial charge on any atom is 0.258 e. The van der Waals surface area contributed by atoms with Crippen molar-refractivity contribution in [1.82, 2.24) is 5.32 Å². The standard InChI is InChI=1S/C16H13N3OS/c1-10-6-7-13(15(20)19-16(18)21)14(8-10)12-5-3-2-4-11(12)9-17/h2-8H,1H3,(H3,18,19,20,21). The monoisotopic (exact) mass is 295 g/mol. The smallest absolute Gasteiger partial charge is 0.258 e. The van der Waals surface area contributed by atoms with Gasteiger partial charge in [-0.1, -0.05) is 35.9 Å². The Kier molecular flexibility index (Phi) is 4.31. The lowest BCUT2D eigenvalue weighted by Crippen LogP contribution is -2.35. The normalized spacial score (nSPS) is 9.71. The highest BCUT2D eigenvalue weighted by Crippen LogP contribution is 2.28. The van der Waals surface area contributed by atoms with E-state index in [0.717, 1.165) is 5.56 Å². The fraction of sp³-hybridized carbons (Fsp3) is 0.0625. The van der Waals surface area contributed by atoms with Gasteiger partial charge in [0.05, 0.1) is 11.6 Å². The lowest BCUT2D eigenvalue weighted by atomic mass is 9.94. The van der Waals surface area contributed by atoms with Crippen molar-refractivity contribution in [1.29, 1.82) is 5.26 Å². The molecule has 0 saturated carbocycles. The van der Waals surface area contributed by atoms with Crippen molar-refractivity contribution in [3.8, 4) is 17.2 Å². The van der Waals surface area contributed by atoms with Crippen molar-refractivity contribution in [2.75, 3.05) is 0 Å². The van der Waals surface area contributed by atoms with Gasteiger partial charge in [0.15, 0.2) is 5.11 Å². The van der Waals surface area contributed by atoms with Crippen LogP contribution in [0.25, 0.3) is 11.1 Å². The molecule has 0 aliphatic rings. The Morgan fingerprint density at radius 1 is 1.24 bits per heavy atom. The Bertz CT molecular complexity index is 762. The zero-order chi connectivity index (χ0) is 15.4. The number of carbonyl (C=O) groups excluding carboxylic acids is 1. The molecule has 0 aliphatic carbocycles. The summed E-state index contributed by atoms with van der Waals surface area (Å²) >= 11 is 4.70. The molecule has 0 bridgehead atoms. The van der Waals surface area contributed by atoms with Gasteiger partial charge in [0.25, 0.3) is 5.91 Å². The van der Waals surface area contributed by atoms with Gasteiger partial charge in [-0.25, -0.2) is 0 Å². The maximum absolute atomic E-state index is 12.2. The average molecular weight is 295 g/mol. The molecule has 2 aromatic rings.